The van der Waals surface area contributed by atoms with E-state index in [0.29, 0.717) is 17.1 Å². The smallest absolute Gasteiger partial charge is 0.233 e. The zero-order chi connectivity index (χ0) is 17.2. The molecule has 6 heteroatoms. The molecule has 2 aliphatic rings. The summed E-state index contributed by atoms with van der Waals surface area (Å²) in [6.07, 6.45) is 7.01. The number of carbonyl (C=O) groups excluding carboxylic acids is 1. The quantitative estimate of drug-likeness (QED) is 0.802. The van der Waals surface area contributed by atoms with Crippen molar-refractivity contribution >= 4 is 17.7 Å². The molecular weight excluding hydrogens is 332 g/mol. The van der Waals surface area contributed by atoms with Gasteiger partial charge in [0.2, 0.25) is 11.1 Å². The van der Waals surface area contributed by atoms with E-state index < -0.39 is 0 Å². The maximum atomic E-state index is 12.4. The highest BCUT2D eigenvalue weighted by Crippen LogP contribution is 2.40. The van der Waals surface area contributed by atoms with Gasteiger partial charge in [0.15, 0.2) is 0 Å². The van der Waals surface area contributed by atoms with Crippen LogP contribution in [0.3, 0.4) is 0 Å². The molecule has 2 aromatic rings. The number of thioether (sulfide) groups is 1. The maximum Gasteiger partial charge on any atom is 0.233 e. The first kappa shape index (κ1) is 16.6. The lowest BCUT2D eigenvalue weighted by molar-refractivity contribution is -0.120. The van der Waals surface area contributed by atoms with Gasteiger partial charge in [-0.2, -0.15) is 0 Å². The maximum absolute atomic E-state index is 12.4. The zero-order valence-corrected chi connectivity index (χ0v) is 15.3. The summed E-state index contributed by atoms with van der Waals surface area (Å²) in [5, 5.41) is 8.36. The molecule has 0 unspecified atom stereocenters. The third kappa shape index (κ3) is 3.89. The van der Waals surface area contributed by atoms with Crippen molar-refractivity contribution in [2.45, 2.75) is 67.8 Å². The Labute approximate surface area is 152 Å². The minimum Gasteiger partial charge on any atom is -0.352 e. The van der Waals surface area contributed by atoms with E-state index in [4.69, 9.17) is 4.98 Å². The van der Waals surface area contributed by atoms with Crippen molar-refractivity contribution in [3.63, 3.8) is 0 Å². The summed E-state index contributed by atoms with van der Waals surface area (Å²) in [5.74, 6) is 1.63. The fourth-order valence-corrected chi connectivity index (χ4v) is 4.09. The van der Waals surface area contributed by atoms with Crippen LogP contribution in [0.4, 0.5) is 0 Å². The summed E-state index contributed by atoms with van der Waals surface area (Å²) in [6, 6.07) is 10.5. The molecule has 25 heavy (non-hydrogen) atoms. The monoisotopic (exact) mass is 356 g/mol. The number of aromatic nitrogens is 3. The molecule has 0 bridgehead atoms. The highest BCUT2D eigenvalue weighted by atomic mass is 32.2. The minimum absolute atomic E-state index is 0.0981. The second-order valence-corrected chi connectivity index (χ2v) is 8.33. The highest BCUT2D eigenvalue weighted by molar-refractivity contribution is 8.00. The van der Waals surface area contributed by atoms with Gasteiger partial charge in [0, 0.05) is 12.0 Å². The number of para-hydroxylation sites is 1. The van der Waals surface area contributed by atoms with Gasteiger partial charge in [-0.05, 0) is 44.7 Å². The third-order valence-electron chi connectivity index (χ3n) is 4.91. The number of nitrogens with zero attached hydrogens (tertiary/aromatic N) is 3. The van der Waals surface area contributed by atoms with Crippen LogP contribution in [-0.4, -0.2) is 32.0 Å². The van der Waals surface area contributed by atoms with Crippen molar-refractivity contribution in [3.8, 4) is 5.69 Å². The van der Waals surface area contributed by atoms with Gasteiger partial charge in [0.25, 0.3) is 0 Å². The minimum atomic E-state index is -0.181. The molecule has 2 saturated carbocycles. The average Bonchev–Trinajstić information content (AvgIpc) is 3.18. The Morgan fingerprint density at radius 1 is 1.20 bits per heavy atom. The Morgan fingerprint density at radius 2 is 1.92 bits per heavy atom. The van der Waals surface area contributed by atoms with Gasteiger partial charge in [-0.25, -0.2) is 9.67 Å². The number of nitrogens with one attached hydrogen (secondary N) is 1. The lowest BCUT2D eigenvalue weighted by atomic mass is 10.2. The molecule has 1 N–H and O–H groups in total. The molecule has 2 fully saturated rings. The van der Waals surface area contributed by atoms with E-state index in [2.05, 4.69) is 10.4 Å². The Morgan fingerprint density at radius 3 is 2.60 bits per heavy atom. The summed E-state index contributed by atoms with van der Waals surface area (Å²) in [5.41, 5.74) is 1.03. The Kier molecular flexibility index (Phi) is 4.79. The van der Waals surface area contributed by atoms with Crippen LogP contribution in [0.25, 0.3) is 5.69 Å². The van der Waals surface area contributed by atoms with Crippen LogP contribution in [0, 0.1) is 0 Å². The molecule has 1 aromatic heterocycles. The molecule has 5 nitrogen and oxygen atoms in total. The van der Waals surface area contributed by atoms with Crippen molar-refractivity contribution in [2.24, 2.45) is 0 Å². The second-order valence-electron chi connectivity index (χ2n) is 7.02. The largest absolute Gasteiger partial charge is 0.352 e. The van der Waals surface area contributed by atoms with Crippen molar-refractivity contribution in [2.75, 3.05) is 0 Å². The Balaban J connectivity index is 1.48. The predicted molar refractivity (Wildman–Crippen MR) is 99.1 cm³/mol. The van der Waals surface area contributed by atoms with E-state index >= 15 is 0 Å². The van der Waals surface area contributed by atoms with Gasteiger partial charge < -0.3 is 5.32 Å². The number of benzene rings is 1. The van der Waals surface area contributed by atoms with Crippen LogP contribution in [0.2, 0.25) is 0 Å². The zero-order valence-electron chi connectivity index (χ0n) is 14.5. The number of rotatable bonds is 6. The standard InChI is InChI=1S/C19H24N4OS/c1-13(18(24)20-15-7-5-6-8-15)25-19-21-17(14-11-12-14)23(22-19)16-9-3-2-4-10-16/h2-4,9-10,13-15H,5-8,11-12H2,1H3,(H,20,24)/t13-/m1/s1. The van der Waals surface area contributed by atoms with Crippen molar-refractivity contribution in [1.82, 2.24) is 20.1 Å². The molecule has 1 heterocycles. The summed E-state index contributed by atoms with van der Waals surface area (Å²) in [6.45, 7) is 1.94. The third-order valence-corrected chi connectivity index (χ3v) is 5.86. The van der Waals surface area contributed by atoms with Crippen molar-refractivity contribution in [3.05, 3.63) is 36.2 Å². The summed E-state index contributed by atoms with van der Waals surface area (Å²) < 4.78 is 1.95. The van der Waals surface area contributed by atoms with Crippen LogP contribution >= 0.6 is 11.8 Å². The van der Waals surface area contributed by atoms with Crippen LogP contribution in [0.5, 0.6) is 0 Å². The number of carbonyl (C=O) groups is 1. The van der Waals surface area contributed by atoms with E-state index in [9.17, 15) is 4.79 Å². The SMILES string of the molecule is C[C@@H](Sc1nc(C2CC2)n(-c2ccccc2)n1)C(=O)NC1CCCC1. The van der Waals surface area contributed by atoms with Gasteiger partial charge >= 0.3 is 0 Å². The highest BCUT2D eigenvalue weighted by Gasteiger charge is 2.31. The van der Waals surface area contributed by atoms with E-state index in [-0.39, 0.29) is 11.2 Å². The average molecular weight is 356 g/mol. The van der Waals surface area contributed by atoms with E-state index in [0.717, 1.165) is 24.4 Å². The van der Waals surface area contributed by atoms with E-state index in [1.54, 1.807) is 0 Å². The normalized spacial score (nSPS) is 19.1. The predicted octanol–water partition coefficient (Wildman–Crippen LogP) is 3.68. The molecule has 1 aromatic carbocycles. The van der Waals surface area contributed by atoms with E-state index in [1.807, 2.05) is 41.9 Å². The van der Waals surface area contributed by atoms with Crippen molar-refractivity contribution in [1.29, 1.82) is 0 Å². The molecule has 0 aliphatic heterocycles. The molecule has 0 spiro atoms. The molecule has 1 atom stereocenters. The van der Waals surface area contributed by atoms with Gasteiger partial charge in [-0.15, -0.1) is 5.10 Å². The molecule has 1 amide bonds. The Hall–Kier alpha value is -1.82. The summed E-state index contributed by atoms with van der Waals surface area (Å²) in [4.78, 5) is 17.2. The summed E-state index contributed by atoms with van der Waals surface area (Å²) >= 11 is 1.45. The van der Waals surface area contributed by atoms with E-state index in [1.165, 1.54) is 37.4 Å². The van der Waals surface area contributed by atoms with Gasteiger partial charge in [-0.3, -0.25) is 4.79 Å². The first-order chi connectivity index (χ1) is 12.2. The van der Waals surface area contributed by atoms with Crippen molar-refractivity contribution < 1.29 is 4.79 Å². The molecule has 0 radical (unpaired) electrons. The topological polar surface area (TPSA) is 59.8 Å². The summed E-state index contributed by atoms with van der Waals surface area (Å²) in [7, 11) is 0. The number of hydrogen-bond donors (Lipinski definition) is 1. The van der Waals surface area contributed by atoms with Crippen LogP contribution in [-0.2, 0) is 4.79 Å². The fraction of sp³-hybridized carbons (Fsp3) is 0.526. The molecule has 132 valence electrons. The first-order valence-corrected chi connectivity index (χ1v) is 10.1. The second kappa shape index (κ2) is 7.20. The van der Waals surface area contributed by atoms with Crippen LogP contribution in [0.15, 0.2) is 35.5 Å². The van der Waals surface area contributed by atoms with Crippen LogP contribution < -0.4 is 5.32 Å². The van der Waals surface area contributed by atoms with Gasteiger partial charge in [0.05, 0.1) is 10.9 Å². The molecule has 2 aliphatic carbocycles. The molecular formula is C19H24N4OS. The first-order valence-electron chi connectivity index (χ1n) is 9.20. The number of hydrogen-bond acceptors (Lipinski definition) is 4. The van der Waals surface area contributed by atoms with Gasteiger partial charge in [-0.1, -0.05) is 42.8 Å². The number of amides is 1. The van der Waals surface area contributed by atoms with Gasteiger partial charge in [0.1, 0.15) is 5.82 Å². The molecule has 0 saturated heterocycles. The fourth-order valence-electron chi connectivity index (χ4n) is 3.32. The lowest BCUT2D eigenvalue weighted by Gasteiger charge is -2.15. The lowest BCUT2D eigenvalue weighted by Crippen LogP contribution is -2.37. The Bertz CT molecular complexity index is 735. The van der Waals surface area contributed by atoms with Crippen LogP contribution in [0.1, 0.15) is 57.2 Å². The molecule has 4 rings (SSSR count).